The number of halogens is 3. The summed E-state index contributed by atoms with van der Waals surface area (Å²) in [5, 5.41) is 11.0. The maximum atomic E-state index is 12.3. The minimum atomic E-state index is -0.604. The highest BCUT2D eigenvalue weighted by atomic mass is 35.5. The molecule has 9 heteroatoms. The van der Waals surface area contributed by atoms with Gasteiger partial charge in [-0.25, -0.2) is 4.79 Å². The highest BCUT2D eigenvalue weighted by molar-refractivity contribution is 6.42. The summed E-state index contributed by atoms with van der Waals surface area (Å²) in [6, 6.07) is 17.1. The number of hydrogen-bond donors (Lipinski definition) is 1. The van der Waals surface area contributed by atoms with E-state index in [2.05, 4.69) is 6.07 Å². The first kappa shape index (κ1) is 23.8. The second-order valence-electron chi connectivity index (χ2n) is 7.47. The predicted molar refractivity (Wildman–Crippen MR) is 130 cm³/mol. The summed E-state index contributed by atoms with van der Waals surface area (Å²) in [4.78, 5) is 12.3. The number of aryl methyl sites for hydroxylation is 1. The molecule has 1 aliphatic heterocycles. The van der Waals surface area contributed by atoms with Crippen molar-refractivity contribution in [1.29, 1.82) is 5.26 Å². The quantitative estimate of drug-likeness (QED) is 0.323. The monoisotopic (exact) mass is 514 g/mol. The van der Waals surface area contributed by atoms with Crippen molar-refractivity contribution in [1.82, 2.24) is 0 Å². The Labute approximate surface area is 211 Å². The molecular formula is C25H17Cl3N2O4. The van der Waals surface area contributed by atoms with E-state index < -0.39 is 11.9 Å². The number of nitrogens with zero attached hydrogens (tertiary/aromatic N) is 1. The van der Waals surface area contributed by atoms with Gasteiger partial charge in [-0.15, -0.1) is 0 Å². The molecule has 1 heterocycles. The van der Waals surface area contributed by atoms with Crippen LogP contribution in [0.4, 0.5) is 0 Å². The van der Waals surface area contributed by atoms with Crippen molar-refractivity contribution in [2.45, 2.75) is 12.8 Å². The molecule has 1 unspecified atom stereocenters. The first-order valence-electron chi connectivity index (χ1n) is 10.0. The Morgan fingerprint density at radius 1 is 1.09 bits per heavy atom. The molecule has 0 aromatic heterocycles. The first-order chi connectivity index (χ1) is 16.3. The minimum absolute atomic E-state index is 0.0453. The lowest BCUT2D eigenvalue weighted by Crippen LogP contribution is -2.21. The SMILES string of the molecule is Cc1cc(Cl)ccc1OCC(=O)Oc1ccc2c(c1)OC(N)=C(C#N)C2c1ccc(Cl)c(Cl)c1. The van der Waals surface area contributed by atoms with Gasteiger partial charge in [0.2, 0.25) is 5.88 Å². The Morgan fingerprint density at radius 2 is 1.88 bits per heavy atom. The van der Waals surface area contributed by atoms with Crippen molar-refractivity contribution in [2.75, 3.05) is 6.61 Å². The van der Waals surface area contributed by atoms with Gasteiger partial charge in [-0.3, -0.25) is 0 Å². The Hall–Kier alpha value is -3.37. The van der Waals surface area contributed by atoms with Gasteiger partial charge in [0.1, 0.15) is 28.9 Å². The molecular weight excluding hydrogens is 499 g/mol. The zero-order chi connectivity index (χ0) is 24.4. The van der Waals surface area contributed by atoms with Crippen LogP contribution < -0.4 is 19.9 Å². The topological polar surface area (TPSA) is 94.6 Å². The standard InChI is InChI=1S/C25H17Cl3N2O4/c1-13-8-15(26)3-7-21(13)32-12-23(31)33-16-4-5-17-22(10-16)34-25(30)18(11-29)24(17)14-2-6-19(27)20(28)9-14/h2-10,24H,12,30H2,1H3. The van der Waals surface area contributed by atoms with Crippen molar-refractivity contribution >= 4 is 40.8 Å². The van der Waals surface area contributed by atoms with Gasteiger partial charge in [0.05, 0.1) is 16.0 Å². The number of carbonyl (C=O) groups excluding carboxylic acids is 1. The van der Waals surface area contributed by atoms with E-state index in [1.807, 2.05) is 6.92 Å². The maximum absolute atomic E-state index is 12.3. The third-order valence-electron chi connectivity index (χ3n) is 5.18. The third-order valence-corrected chi connectivity index (χ3v) is 6.16. The highest BCUT2D eigenvalue weighted by Gasteiger charge is 2.31. The summed E-state index contributed by atoms with van der Waals surface area (Å²) in [7, 11) is 0. The Bertz CT molecular complexity index is 1360. The van der Waals surface area contributed by atoms with Crippen LogP contribution in [-0.4, -0.2) is 12.6 Å². The smallest absolute Gasteiger partial charge is 0.349 e. The van der Waals surface area contributed by atoms with Crippen LogP contribution in [0, 0.1) is 18.3 Å². The van der Waals surface area contributed by atoms with Gasteiger partial charge < -0.3 is 19.9 Å². The Kier molecular flexibility index (Phi) is 6.90. The summed E-state index contributed by atoms with van der Waals surface area (Å²) in [6.07, 6.45) is 0. The van der Waals surface area contributed by atoms with Crippen LogP contribution in [0.2, 0.25) is 15.1 Å². The van der Waals surface area contributed by atoms with Crippen LogP contribution in [0.3, 0.4) is 0 Å². The highest BCUT2D eigenvalue weighted by Crippen LogP contribution is 2.44. The van der Waals surface area contributed by atoms with E-state index >= 15 is 0 Å². The molecule has 4 rings (SSSR count). The molecule has 172 valence electrons. The van der Waals surface area contributed by atoms with E-state index in [9.17, 15) is 10.1 Å². The first-order valence-corrected chi connectivity index (χ1v) is 11.2. The van der Waals surface area contributed by atoms with Crippen molar-refractivity contribution in [3.8, 4) is 23.3 Å². The molecule has 0 spiro atoms. The summed E-state index contributed by atoms with van der Waals surface area (Å²) in [6.45, 7) is 1.53. The van der Waals surface area contributed by atoms with E-state index in [1.54, 1.807) is 48.5 Å². The molecule has 3 aromatic rings. The molecule has 34 heavy (non-hydrogen) atoms. The van der Waals surface area contributed by atoms with Crippen LogP contribution in [0.25, 0.3) is 0 Å². The molecule has 0 amide bonds. The number of fused-ring (bicyclic) bond motifs is 1. The van der Waals surface area contributed by atoms with Crippen molar-refractivity contribution in [2.24, 2.45) is 5.73 Å². The summed E-state index contributed by atoms with van der Waals surface area (Å²) >= 11 is 18.2. The van der Waals surface area contributed by atoms with Crippen LogP contribution >= 0.6 is 34.8 Å². The average Bonchev–Trinajstić information content (AvgIpc) is 2.79. The van der Waals surface area contributed by atoms with E-state index in [0.29, 0.717) is 32.1 Å². The van der Waals surface area contributed by atoms with E-state index in [4.69, 9.17) is 54.7 Å². The number of ether oxygens (including phenoxy) is 3. The largest absolute Gasteiger partial charge is 0.482 e. The van der Waals surface area contributed by atoms with Gasteiger partial charge in [0.25, 0.3) is 0 Å². The number of esters is 1. The fraction of sp³-hybridized carbons (Fsp3) is 0.120. The van der Waals surface area contributed by atoms with Crippen molar-refractivity contribution in [3.63, 3.8) is 0 Å². The molecule has 0 saturated heterocycles. The number of rotatable bonds is 5. The second-order valence-corrected chi connectivity index (χ2v) is 8.72. The molecule has 0 bridgehead atoms. The Balaban J connectivity index is 1.55. The molecule has 1 aliphatic rings. The molecule has 2 N–H and O–H groups in total. The normalized spacial score (nSPS) is 14.6. The zero-order valence-electron chi connectivity index (χ0n) is 17.8. The van der Waals surface area contributed by atoms with Gasteiger partial charge in [-0.1, -0.05) is 46.9 Å². The number of nitrogens with two attached hydrogens (primary N) is 1. The molecule has 3 aromatic carbocycles. The maximum Gasteiger partial charge on any atom is 0.349 e. The molecule has 6 nitrogen and oxygen atoms in total. The van der Waals surface area contributed by atoms with Crippen LogP contribution in [0.5, 0.6) is 17.2 Å². The molecule has 0 fully saturated rings. The van der Waals surface area contributed by atoms with Crippen LogP contribution in [-0.2, 0) is 4.79 Å². The van der Waals surface area contributed by atoms with E-state index in [1.165, 1.54) is 6.07 Å². The molecule has 0 saturated carbocycles. The molecule has 0 aliphatic carbocycles. The van der Waals surface area contributed by atoms with E-state index in [0.717, 1.165) is 11.1 Å². The van der Waals surface area contributed by atoms with Gasteiger partial charge in [0, 0.05) is 16.7 Å². The van der Waals surface area contributed by atoms with Gasteiger partial charge in [0.15, 0.2) is 6.61 Å². The predicted octanol–water partition coefficient (Wildman–Crippen LogP) is 6.16. The zero-order valence-corrected chi connectivity index (χ0v) is 20.0. The molecule has 1 atom stereocenters. The average molecular weight is 516 g/mol. The lowest BCUT2D eigenvalue weighted by molar-refractivity contribution is -0.136. The number of carbonyl (C=O) groups is 1. The third kappa shape index (κ3) is 4.92. The molecule has 0 radical (unpaired) electrons. The fourth-order valence-corrected chi connectivity index (χ4v) is 4.14. The van der Waals surface area contributed by atoms with Gasteiger partial charge in [-0.05, 0) is 54.4 Å². The van der Waals surface area contributed by atoms with E-state index in [-0.39, 0.29) is 23.8 Å². The number of benzene rings is 3. The number of nitriles is 1. The lowest BCUT2D eigenvalue weighted by atomic mass is 9.83. The number of hydrogen-bond acceptors (Lipinski definition) is 6. The fourth-order valence-electron chi connectivity index (χ4n) is 3.61. The second kappa shape index (κ2) is 9.86. The van der Waals surface area contributed by atoms with Gasteiger partial charge >= 0.3 is 5.97 Å². The van der Waals surface area contributed by atoms with Crippen LogP contribution in [0.1, 0.15) is 22.6 Å². The lowest BCUT2D eigenvalue weighted by Gasteiger charge is -2.27. The minimum Gasteiger partial charge on any atom is -0.482 e. The summed E-state index contributed by atoms with van der Waals surface area (Å²) in [5.41, 5.74) is 8.44. The number of allylic oxidation sites excluding steroid dienone is 1. The van der Waals surface area contributed by atoms with Crippen molar-refractivity contribution in [3.05, 3.63) is 97.8 Å². The van der Waals surface area contributed by atoms with Gasteiger partial charge in [-0.2, -0.15) is 5.26 Å². The summed E-state index contributed by atoms with van der Waals surface area (Å²) in [5.74, 6) is -0.0527. The van der Waals surface area contributed by atoms with Crippen LogP contribution in [0.15, 0.2) is 66.1 Å². The summed E-state index contributed by atoms with van der Waals surface area (Å²) < 4.78 is 16.6. The Morgan fingerprint density at radius 3 is 2.59 bits per heavy atom. The van der Waals surface area contributed by atoms with Crippen molar-refractivity contribution < 1.29 is 19.0 Å².